The van der Waals surface area contributed by atoms with Crippen LogP contribution in [-0.2, 0) is 0 Å². The Balaban J connectivity index is 2.31. The fourth-order valence-corrected chi connectivity index (χ4v) is 2.48. The Labute approximate surface area is 95.2 Å². The third-order valence-electron chi connectivity index (χ3n) is 3.66. The Bertz CT molecular complexity index is 177. The Kier molecular flexibility index (Phi) is 5.07. The van der Waals surface area contributed by atoms with Gasteiger partial charge in [0, 0.05) is 6.54 Å². The van der Waals surface area contributed by atoms with E-state index in [1.54, 1.807) is 0 Å². The van der Waals surface area contributed by atoms with Crippen molar-refractivity contribution in [2.24, 2.45) is 17.1 Å². The van der Waals surface area contributed by atoms with Crippen LogP contribution in [0.4, 0.5) is 0 Å². The van der Waals surface area contributed by atoms with Crippen LogP contribution in [0.2, 0.25) is 0 Å². The molecule has 1 fully saturated rings. The number of hydrogen-bond acceptors (Lipinski definition) is 2. The molecule has 1 aliphatic rings. The maximum atomic E-state index is 5.59. The van der Waals surface area contributed by atoms with E-state index in [4.69, 9.17) is 5.73 Å². The lowest BCUT2D eigenvalue weighted by atomic mass is 9.85. The minimum atomic E-state index is 0.561. The van der Waals surface area contributed by atoms with Crippen molar-refractivity contribution in [1.82, 2.24) is 4.90 Å². The van der Waals surface area contributed by atoms with Gasteiger partial charge in [0.25, 0.3) is 0 Å². The first-order chi connectivity index (χ1) is 7.03. The molecule has 1 atom stereocenters. The molecule has 0 aromatic carbocycles. The summed E-state index contributed by atoms with van der Waals surface area (Å²) in [5, 5.41) is 0. The molecule has 0 aliphatic carbocycles. The predicted molar refractivity (Wildman–Crippen MR) is 66.9 cm³/mol. The molecule has 2 heteroatoms. The Hall–Kier alpha value is -0.0800. The summed E-state index contributed by atoms with van der Waals surface area (Å²) >= 11 is 0. The molecule has 1 unspecified atom stereocenters. The van der Waals surface area contributed by atoms with E-state index >= 15 is 0 Å². The van der Waals surface area contributed by atoms with E-state index in [2.05, 4.69) is 25.7 Å². The largest absolute Gasteiger partial charge is 0.330 e. The lowest BCUT2D eigenvalue weighted by Crippen LogP contribution is -2.30. The molecular formula is C13H28N2. The smallest absolute Gasteiger partial charge is 0.000749 e. The lowest BCUT2D eigenvalue weighted by molar-refractivity contribution is 0.229. The van der Waals surface area contributed by atoms with Gasteiger partial charge >= 0.3 is 0 Å². The van der Waals surface area contributed by atoms with Gasteiger partial charge in [0.05, 0.1) is 0 Å². The maximum absolute atomic E-state index is 5.59. The molecule has 0 bridgehead atoms. The molecule has 1 aliphatic heterocycles. The van der Waals surface area contributed by atoms with Crippen molar-refractivity contribution in [3.8, 4) is 0 Å². The molecule has 1 heterocycles. The van der Waals surface area contributed by atoms with E-state index in [0.29, 0.717) is 5.41 Å². The third-order valence-corrected chi connectivity index (χ3v) is 3.66. The van der Waals surface area contributed by atoms with Crippen LogP contribution in [0.25, 0.3) is 0 Å². The summed E-state index contributed by atoms with van der Waals surface area (Å²) in [6.07, 6.45) is 5.26. The molecule has 1 saturated heterocycles. The Morgan fingerprint density at radius 1 is 1.27 bits per heavy atom. The van der Waals surface area contributed by atoms with Crippen molar-refractivity contribution in [2.45, 2.75) is 46.5 Å². The summed E-state index contributed by atoms with van der Waals surface area (Å²) < 4.78 is 0. The zero-order valence-corrected chi connectivity index (χ0v) is 10.8. The van der Waals surface area contributed by atoms with Crippen LogP contribution in [0.1, 0.15) is 46.5 Å². The molecule has 0 radical (unpaired) electrons. The summed E-state index contributed by atoms with van der Waals surface area (Å²) in [4.78, 5) is 2.63. The monoisotopic (exact) mass is 212 g/mol. The highest BCUT2D eigenvalue weighted by Crippen LogP contribution is 2.29. The predicted octanol–water partition coefficient (Wildman–Crippen LogP) is 2.48. The lowest BCUT2D eigenvalue weighted by Gasteiger charge is -2.25. The van der Waals surface area contributed by atoms with Gasteiger partial charge in [-0.05, 0) is 56.7 Å². The fourth-order valence-electron chi connectivity index (χ4n) is 2.48. The second kappa shape index (κ2) is 5.86. The average Bonchev–Trinajstić information content (AvgIpc) is 2.28. The zero-order chi connectivity index (χ0) is 11.3. The highest BCUT2D eigenvalue weighted by Gasteiger charge is 2.23. The summed E-state index contributed by atoms with van der Waals surface area (Å²) in [5.41, 5.74) is 6.15. The van der Waals surface area contributed by atoms with Crippen LogP contribution in [0, 0.1) is 11.3 Å². The van der Waals surface area contributed by atoms with E-state index in [-0.39, 0.29) is 0 Å². The summed E-state index contributed by atoms with van der Waals surface area (Å²) in [7, 11) is 0. The maximum Gasteiger partial charge on any atom is 0.000749 e. The van der Waals surface area contributed by atoms with Gasteiger partial charge in [-0.2, -0.15) is 0 Å². The molecule has 2 nitrogen and oxygen atoms in total. The molecule has 0 aromatic heterocycles. The van der Waals surface area contributed by atoms with Crippen LogP contribution >= 0.6 is 0 Å². The fraction of sp³-hybridized carbons (Fsp3) is 1.00. The normalized spacial score (nSPS) is 24.8. The SMILES string of the molecule is CC(CCN)CN1CCCC(C)(C)CC1. The third kappa shape index (κ3) is 4.98. The minimum absolute atomic E-state index is 0.561. The summed E-state index contributed by atoms with van der Waals surface area (Å²) in [6.45, 7) is 11.8. The van der Waals surface area contributed by atoms with Crippen molar-refractivity contribution in [3.63, 3.8) is 0 Å². The van der Waals surface area contributed by atoms with Crippen molar-refractivity contribution in [1.29, 1.82) is 0 Å². The average molecular weight is 212 g/mol. The van der Waals surface area contributed by atoms with Crippen LogP contribution in [0.5, 0.6) is 0 Å². The van der Waals surface area contributed by atoms with E-state index in [0.717, 1.165) is 12.5 Å². The summed E-state index contributed by atoms with van der Waals surface area (Å²) in [5.74, 6) is 0.760. The van der Waals surface area contributed by atoms with Crippen LogP contribution in [-0.4, -0.2) is 31.1 Å². The Morgan fingerprint density at radius 2 is 2.00 bits per heavy atom. The van der Waals surface area contributed by atoms with Crippen LogP contribution < -0.4 is 5.73 Å². The molecule has 1 rings (SSSR count). The highest BCUT2D eigenvalue weighted by atomic mass is 15.1. The second-order valence-corrected chi connectivity index (χ2v) is 6.00. The van der Waals surface area contributed by atoms with E-state index in [1.807, 2.05) is 0 Å². The molecule has 90 valence electrons. The van der Waals surface area contributed by atoms with Crippen LogP contribution in [0.3, 0.4) is 0 Å². The number of nitrogens with zero attached hydrogens (tertiary/aromatic N) is 1. The van der Waals surface area contributed by atoms with Gasteiger partial charge in [-0.15, -0.1) is 0 Å². The number of hydrogen-bond donors (Lipinski definition) is 1. The minimum Gasteiger partial charge on any atom is -0.330 e. The van der Waals surface area contributed by atoms with E-state index in [9.17, 15) is 0 Å². The van der Waals surface area contributed by atoms with Crippen LogP contribution in [0.15, 0.2) is 0 Å². The van der Waals surface area contributed by atoms with Crippen molar-refractivity contribution >= 4 is 0 Å². The van der Waals surface area contributed by atoms with Gasteiger partial charge in [0.1, 0.15) is 0 Å². The molecule has 0 saturated carbocycles. The van der Waals surface area contributed by atoms with Gasteiger partial charge in [-0.1, -0.05) is 20.8 Å². The first-order valence-corrected chi connectivity index (χ1v) is 6.46. The molecule has 15 heavy (non-hydrogen) atoms. The van der Waals surface area contributed by atoms with Gasteiger partial charge in [-0.3, -0.25) is 0 Å². The van der Waals surface area contributed by atoms with E-state index in [1.165, 1.54) is 45.3 Å². The van der Waals surface area contributed by atoms with Gasteiger partial charge in [0.2, 0.25) is 0 Å². The second-order valence-electron chi connectivity index (χ2n) is 6.00. The van der Waals surface area contributed by atoms with Gasteiger partial charge < -0.3 is 10.6 Å². The van der Waals surface area contributed by atoms with Crippen molar-refractivity contribution in [2.75, 3.05) is 26.2 Å². The first kappa shape index (κ1) is 13.0. The van der Waals surface area contributed by atoms with Crippen molar-refractivity contribution in [3.05, 3.63) is 0 Å². The molecule has 2 N–H and O–H groups in total. The van der Waals surface area contributed by atoms with Crippen molar-refractivity contribution < 1.29 is 0 Å². The number of nitrogens with two attached hydrogens (primary N) is 1. The highest BCUT2D eigenvalue weighted by molar-refractivity contribution is 4.76. The molecule has 0 spiro atoms. The standard InChI is InChI=1S/C13H28N2/c1-12(5-8-14)11-15-9-4-6-13(2,3)7-10-15/h12H,4-11,14H2,1-3H3. The van der Waals surface area contributed by atoms with Gasteiger partial charge in [0.15, 0.2) is 0 Å². The molecule has 0 amide bonds. The Morgan fingerprint density at radius 3 is 2.67 bits per heavy atom. The molecule has 0 aromatic rings. The van der Waals surface area contributed by atoms with E-state index < -0.39 is 0 Å². The molecular weight excluding hydrogens is 184 g/mol. The quantitative estimate of drug-likeness (QED) is 0.776. The zero-order valence-electron chi connectivity index (χ0n) is 10.8. The topological polar surface area (TPSA) is 29.3 Å². The summed E-state index contributed by atoms with van der Waals surface area (Å²) in [6, 6.07) is 0. The first-order valence-electron chi connectivity index (χ1n) is 6.46. The number of rotatable bonds is 4. The number of likely N-dealkylation sites (tertiary alicyclic amines) is 1. The van der Waals surface area contributed by atoms with Gasteiger partial charge in [-0.25, -0.2) is 0 Å².